The third-order valence-electron chi connectivity index (χ3n) is 7.21. The molecule has 0 aromatic heterocycles. The standard InChI is InChI=1S/C22H35N3O3/c26-20(17-8-9-17)23-19(22(28)24-12-4-1-5-13-24)16-10-14-25(15-11-16)21(27)18-6-2-3-7-18/h16-19H,1-15H2,(H,23,26). The molecule has 2 aliphatic heterocycles. The molecule has 0 bridgehead atoms. The van der Waals surface area contributed by atoms with Crippen LogP contribution in [0.4, 0.5) is 0 Å². The number of likely N-dealkylation sites (tertiary alicyclic amines) is 2. The van der Waals surface area contributed by atoms with Crippen LogP contribution in [0.15, 0.2) is 0 Å². The molecule has 2 aliphatic carbocycles. The Labute approximate surface area is 168 Å². The first-order valence-corrected chi connectivity index (χ1v) is 11.5. The van der Waals surface area contributed by atoms with Crippen LogP contribution in [0.2, 0.25) is 0 Å². The molecule has 1 atom stereocenters. The van der Waals surface area contributed by atoms with Gasteiger partial charge in [0.15, 0.2) is 0 Å². The van der Waals surface area contributed by atoms with Gasteiger partial charge in [0.1, 0.15) is 6.04 Å². The van der Waals surface area contributed by atoms with Crippen LogP contribution in [0.3, 0.4) is 0 Å². The number of carbonyl (C=O) groups is 3. The highest BCUT2D eigenvalue weighted by Crippen LogP contribution is 2.32. The zero-order valence-corrected chi connectivity index (χ0v) is 17.0. The van der Waals surface area contributed by atoms with Crippen LogP contribution in [0.25, 0.3) is 0 Å². The van der Waals surface area contributed by atoms with Gasteiger partial charge in [-0.05, 0) is 63.7 Å². The zero-order chi connectivity index (χ0) is 19.5. The van der Waals surface area contributed by atoms with E-state index in [1.54, 1.807) is 0 Å². The van der Waals surface area contributed by atoms with Gasteiger partial charge in [-0.1, -0.05) is 12.8 Å². The summed E-state index contributed by atoms with van der Waals surface area (Å²) >= 11 is 0. The van der Waals surface area contributed by atoms with Crippen molar-refractivity contribution >= 4 is 17.7 Å². The molecule has 2 heterocycles. The second-order valence-electron chi connectivity index (χ2n) is 9.29. The number of hydrogen-bond acceptors (Lipinski definition) is 3. The number of amides is 3. The molecule has 6 heteroatoms. The van der Waals surface area contributed by atoms with Crippen molar-refractivity contribution in [2.24, 2.45) is 17.8 Å². The highest BCUT2D eigenvalue weighted by atomic mass is 16.2. The number of piperidine rings is 2. The molecule has 2 saturated heterocycles. The Kier molecular flexibility index (Phi) is 6.22. The number of carbonyl (C=O) groups excluding carboxylic acids is 3. The molecular formula is C22H35N3O3. The molecule has 3 amide bonds. The normalized spacial score (nSPS) is 25.6. The Hall–Kier alpha value is -1.59. The fraction of sp³-hybridized carbons (Fsp3) is 0.864. The van der Waals surface area contributed by atoms with E-state index in [-0.39, 0.29) is 29.6 Å². The Morgan fingerprint density at radius 1 is 0.679 bits per heavy atom. The van der Waals surface area contributed by atoms with Gasteiger partial charge in [-0.25, -0.2) is 0 Å². The summed E-state index contributed by atoms with van der Waals surface area (Å²) in [7, 11) is 0. The van der Waals surface area contributed by atoms with Crippen molar-refractivity contribution in [1.29, 1.82) is 0 Å². The van der Waals surface area contributed by atoms with Crippen molar-refractivity contribution < 1.29 is 14.4 Å². The second kappa shape index (κ2) is 8.83. The van der Waals surface area contributed by atoms with Crippen LogP contribution in [0, 0.1) is 17.8 Å². The highest BCUT2D eigenvalue weighted by molar-refractivity contribution is 5.89. The molecule has 4 aliphatic rings. The molecule has 28 heavy (non-hydrogen) atoms. The monoisotopic (exact) mass is 389 g/mol. The minimum absolute atomic E-state index is 0.0554. The maximum absolute atomic E-state index is 13.2. The molecule has 0 aromatic rings. The number of nitrogens with one attached hydrogen (secondary N) is 1. The summed E-state index contributed by atoms with van der Waals surface area (Å²) in [5, 5.41) is 3.11. The molecule has 1 unspecified atom stereocenters. The number of nitrogens with zero attached hydrogens (tertiary/aromatic N) is 2. The van der Waals surface area contributed by atoms with E-state index in [2.05, 4.69) is 5.32 Å². The fourth-order valence-corrected chi connectivity index (χ4v) is 5.19. The lowest BCUT2D eigenvalue weighted by Crippen LogP contribution is -2.56. The third kappa shape index (κ3) is 4.52. The molecule has 4 fully saturated rings. The first kappa shape index (κ1) is 19.7. The van der Waals surface area contributed by atoms with Crippen LogP contribution in [0.5, 0.6) is 0 Å². The smallest absolute Gasteiger partial charge is 0.245 e. The van der Waals surface area contributed by atoms with E-state index in [4.69, 9.17) is 0 Å². The minimum atomic E-state index is -0.407. The van der Waals surface area contributed by atoms with Gasteiger partial charge in [0.25, 0.3) is 0 Å². The quantitative estimate of drug-likeness (QED) is 0.785. The van der Waals surface area contributed by atoms with Gasteiger partial charge in [-0.15, -0.1) is 0 Å². The lowest BCUT2D eigenvalue weighted by Gasteiger charge is -2.39. The average Bonchev–Trinajstić information content (AvgIpc) is 3.46. The summed E-state index contributed by atoms with van der Waals surface area (Å²) in [6.45, 7) is 3.08. The van der Waals surface area contributed by atoms with Crippen molar-refractivity contribution in [3.05, 3.63) is 0 Å². The van der Waals surface area contributed by atoms with Gasteiger partial charge in [-0.2, -0.15) is 0 Å². The van der Waals surface area contributed by atoms with Gasteiger partial charge in [0.2, 0.25) is 17.7 Å². The molecule has 6 nitrogen and oxygen atoms in total. The predicted molar refractivity (Wildman–Crippen MR) is 106 cm³/mol. The van der Waals surface area contributed by atoms with Crippen molar-refractivity contribution in [2.75, 3.05) is 26.2 Å². The third-order valence-corrected chi connectivity index (χ3v) is 7.21. The summed E-state index contributed by atoms with van der Waals surface area (Å²) in [4.78, 5) is 42.4. The zero-order valence-electron chi connectivity index (χ0n) is 17.0. The Morgan fingerprint density at radius 2 is 1.32 bits per heavy atom. The molecule has 2 saturated carbocycles. The van der Waals surface area contributed by atoms with Gasteiger partial charge in [-0.3, -0.25) is 14.4 Å². The van der Waals surface area contributed by atoms with E-state index in [1.807, 2.05) is 9.80 Å². The van der Waals surface area contributed by atoms with Gasteiger partial charge in [0, 0.05) is 38.0 Å². The summed E-state index contributed by atoms with van der Waals surface area (Å²) in [5.41, 5.74) is 0. The molecule has 0 aromatic carbocycles. The molecule has 1 N–H and O–H groups in total. The van der Waals surface area contributed by atoms with Gasteiger partial charge in [0.05, 0.1) is 0 Å². The second-order valence-corrected chi connectivity index (χ2v) is 9.29. The molecule has 0 radical (unpaired) electrons. The molecular weight excluding hydrogens is 354 g/mol. The van der Waals surface area contributed by atoms with E-state index in [0.717, 1.165) is 77.5 Å². The van der Waals surface area contributed by atoms with Crippen LogP contribution in [-0.2, 0) is 14.4 Å². The SMILES string of the molecule is O=C(NC(C(=O)N1CCCCC1)C1CCN(C(=O)C2CCCC2)CC1)C1CC1. The Bertz CT molecular complexity index is 584. The maximum Gasteiger partial charge on any atom is 0.245 e. The summed E-state index contributed by atoms with van der Waals surface area (Å²) < 4.78 is 0. The van der Waals surface area contributed by atoms with Crippen molar-refractivity contribution in [3.8, 4) is 0 Å². The Morgan fingerprint density at radius 3 is 1.93 bits per heavy atom. The van der Waals surface area contributed by atoms with E-state index in [1.165, 1.54) is 19.3 Å². The van der Waals surface area contributed by atoms with Crippen LogP contribution < -0.4 is 5.32 Å². The molecule has 4 rings (SSSR count). The van der Waals surface area contributed by atoms with E-state index in [9.17, 15) is 14.4 Å². The summed E-state index contributed by atoms with van der Waals surface area (Å²) in [5.74, 6) is 0.952. The maximum atomic E-state index is 13.2. The highest BCUT2D eigenvalue weighted by Gasteiger charge is 2.40. The first-order chi connectivity index (χ1) is 13.6. The van der Waals surface area contributed by atoms with Crippen molar-refractivity contribution in [2.45, 2.75) is 76.7 Å². The van der Waals surface area contributed by atoms with Gasteiger partial charge >= 0.3 is 0 Å². The summed E-state index contributed by atoms with van der Waals surface area (Å²) in [6, 6.07) is -0.407. The average molecular weight is 390 g/mol. The summed E-state index contributed by atoms with van der Waals surface area (Å²) in [6.07, 6.45) is 11.2. The topological polar surface area (TPSA) is 69.7 Å². The fourth-order valence-electron chi connectivity index (χ4n) is 5.19. The lowest BCUT2D eigenvalue weighted by molar-refractivity contribution is -0.141. The minimum Gasteiger partial charge on any atom is -0.344 e. The van der Waals surface area contributed by atoms with E-state index in [0.29, 0.717) is 5.91 Å². The largest absolute Gasteiger partial charge is 0.344 e. The molecule has 0 spiro atoms. The van der Waals surface area contributed by atoms with Crippen molar-refractivity contribution in [3.63, 3.8) is 0 Å². The van der Waals surface area contributed by atoms with Crippen LogP contribution in [-0.4, -0.2) is 59.7 Å². The van der Waals surface area contributed by atoms with Gasteiger partial charge < -0.3 is 15.1 Å². The van der Waals surface area contributed by atoms with Crippen LogP contribution in [0.1, 0.15) is 70.6 Å². The van der Waals surface area contributed by atoms with Crippen molar-refractivity contribution in [1.82, 2.24) is 15.1 Å². The first-order valence-electron chi connectivity index (χ1n) is 11.5. The Balaban J connectivity index is 1.37. The predicted octanol–water partition coefficient (Wildman–Crippen LogP) is 2.32. The number of rotatable bonds is 5. The molecule has 156 valence electrons. The van der Waals surface area contributed by atoms with E-state index >= 15 is 0 Å². The number of hydrogen-bond donors (Lipinski definition) is 1. The van der Waals surface area contributed by atoms with Crippen LogP contribution >= 0.6 is 0 Å². The van der Waals surface area contributed by atoms with E-state index < -0.39 is 6.04 Å². The lowest BCUT2D eigenvalue weighted by atomic mass is 9.87.